The number of benzene rings is 1. The predicted octanol–water partition coefficient (Wildman–Crippen LogP) is 1.78. The van der Waals surface area contributed by atoms with E-state index < -0.39 is 0 Å². The molecule has 0 aliphatic carbocycles. The third-order valence-electron chi connectivity index (χ3n) is 4.15. The molecule has 1 aliphatic rings. The molecule has 122 valence electrons. The minimum Gasteiger partial charge on any atom is -0.312 e. The second-order valence-corrected chi connectivity index (χ2v) is 5.66. The van der Waals surface area contributed by atoms with E-state index in [1.54, 1.807) is 11.2 Å². The van der Waals surface area contributed by atoms with Crippen molar-refractivity contribution in [2.45, 2.75) is 6.54 Å². The van der Waals surface area contributed by atoms with Crippen LogP contribution in [0.5, 0.6) is 0 Å². The maximum atomic E-state index is 13.2. The molecule has 25 heavy (non-hydrogen) atoms. The van der Waals surface area contributed by atoms with Gasteiger partial charge in [-0.2, -0.15) is 9.77 Å². The average Bonchev–Trinajstić information content (AvgIpc) is 3.31. The highest BCUT2D eigenvalue weighted by Crippen LogP contribution is 2.23. The summed E-state index contributed by atoms with van der Waals surface area (Å²) in [7, 11) is 0. The number of allylic oxidation sites excluding steroid dienone is 1. The van der Waals surface area contributed by atoms with Crippen molar-refractivity contribution >= 4 is 17.0 Å². The first-order valence-corrected chi connectivity index (χ1v) is 7.82. The molecule has 8 nitrogen and oxygen atoms in total. The number of nitrogens with one attached hydrogen (secondary N) is 1. The Hall–Kier alpha value is -3.68. The number of H-pyrrole nitrogens is 1. The number of fused-ring (bicyclic) bond motifs is 2. The summed E-state index contributed by atoms with van der Waals surface area (Å²) in [5, 5.41) is 8.89. The molecule has 0 radical (unpaired) electrons. The molecular formula is C17H13N7O. The molecule has 5 rings (SSSR count). The molecule has 0 spiro atoms. The van der Waals surface area contributed by atoms with Gasteiger partial charge in [0, 0.05) is 30.7 Å². The maximum absolute atomic E-state index is 13.2. The minimum absolute atomic E-state index is 0.210. The standard InChI is InChI=1S/C17H13N7O/c25-16-13-11-19-21-14(13)20-15(12-5-2-1-3-6-12)24(16)23-9-4-8-22-10-7-18-17(22)23/h1-7,9-11H,8H2,(H,19,21). The third-order valence-corrected chi connectivity index (χ3v) is 4.15. The summed E-state index contributed by atoms with van der Waals surface area (Å²) in [5.41, 5.74) is 1.08. The summed E-state index contributed by atoms with van der Waals surface area (Å²) in [6, 6.07) is 9.58. The smallest absolute Gasteiger partial charge is 0.284 e. The lowest BCUT2D eigenvalue weighted by Crippen LogP contribution is -2.39. The molecule has 0 amide bonds. The highest BCUT2D eigenvalue weighted by atomic mass is 16.1. The van der Waals surface area contributed by atoms with Gasteiger partial charge in [-0.3, -0.25) is 9.89 Å². The van der Waals surface area contributed by atoms with Crippen molar-refractivity contribution in [3.05, 3.63) is 71.6 Å². The van der Waals surface area contributed by atoms with Crippen molar-refractivity contribution in [3.63, 3.8) is 0 Å². The highest BCUT2D eigenvalue weighted by Gasteiger charge is 2.23. The van der Waals surface area contributed by atoms with E-state index in [0.717, 1.165) is 5.56 Å². The van der Waals surface area contributed by atoms with Crippen molar-refractivity contribution < 1.29 is 0 Å². The van der Waals surface area contributed by atoms with E-state index in [9.17, 15) is 4.79 Å². The molecule has 0 bridgehead atoms. The predicted molar refractivity (Wildman–Crippen MR) is 92.8 cm³/mol. The molecular weight excluding hydrogens is 318 g/mol. The number of hydrogen-bond acceptors (Lipinski definition) is 5. The molecule has 4 aromatic rings. The molecule has 0 unspecified atom stereocenters. The Balaban J connectivity index is 1.85. The van der Waals surface area contributed by atoms with Gasteiger partial charge in [0.05, 0.1) is 6.20 Å². The van der Waals surface area contributed by atoms with Crippen LogP contribution in [0.15, 0.2) is 66.0 Å². The summed E-state index contributed by atoms with van der Waals surface area (Å²) in [5.74, 6) is 1.18. The van der Waals surface area contributed by atoms with E-state index in [1.165, 1.54) is 10.9 Å². The van der Waals surface area contributed by atoms with Crippen LogP contribution in [0.25, 0.3) is 22.4 Å². The molecule has 4 heterocycles. The van der Waals surface area contributed by atoms with E-state index >= 15 is 0 Å². The number of hydrogen-bond donors (Lipinski definition) is 1. The second-order valence-electron chi connectivity index (χ2n) is 5.66. The fraction of sp³-hybridized carbons (Fsp3) is 0.0588. The van der Waals surface area contributed by atoms with Gasteiger partial charge < -0.3 is 4.57 Å². The average molecular weight is 331 g/mol. The monoisotopic (exact) mass is 331 g/mol. The van der Waals surface area contributed by atoms with Crippen LogP contribution in [0.4, 0.5) is 5.95 Å². The summed E-state index contributed by atoms with van der Waals surface area (Å²) >= 11 is 0. The molecule has 0 atom stereocenters. The van der Waals surface area contributed by atoms with Gasteiger partial charge in [-0.1, -0.05) is 30.3 Å². The number of aromatic amines is 1. The number of rotatable bonds is 2. The van der Waals surface area contributed by atoms with E-state index in [-0.39, 0.29) is 5.56 Å². The van der Waals surface area contributed by atoms with Crippen LogP contribution in [0.3, 0.4) is 0 Å². The summed E-state index contributed by atoms with van der Waals surface area (Å²) in [6.07, 6.45) is 8.89. The fourth-order valence-corrected chi connectivity index (χ4v) is 3.00. The van der Waals surface area contributed by atoms with E-state index in [0.29, 0.717) is 29.4 Å². The van der Waals surface area contributed by atoms with Crippen LogP contribution in [-0.4, -0.2) is 29.4 Å². The zero-order valence-electron chi connectivity index (χ0n) is 13.1. The first kappa shape index (κ1) is 13.7. The Bertz CT molecular complexity index is 1150. The molecule has 3 aromatic heterocycles. The van der Waals surface area contributed by atoms with E-state index in [1.807, 2.05) is 53.4 Å². The Labute approximate surface area is 141 Å². The zero-order chi connectivity index (χ0) is 16.8. The van der Waals surface area contributed by atoms with Gasteiger partial charge in [0.2, 0.25) is 5.95 Å². The Morgan fingerprint density at radius 1 is 1.16 bits per heavy atom. The van der Waals surface area contributed by atoms with Gasteiger partial charge in [0.1, 0.15) is 5.39 Å². The van der Waals surface area contributed by atoms with Crippen LogP contribution >= 0.6 is 0 Å². The molecule has 0 fully saturated rings. The largest absolute Gasteiger partial charge is 0.312 e. The molecule has 1 aliphatic heterocycles. The SMILES string of the molecule is O=c1c2cn[nH]c2nc(-c2ccccc2)n1N1C=CCn2ccnc21. The molecule has 1 aromatic carbocycles. The number of nitrogens with zero attached hydrogens (tertiary/aromatic N) is 6. The first-order chi connectivity index (χ1) is 12.3. The normalized spacial score (nSPS) is 13.4. The van der Waals surface area contributed by atoms with Gasteiger partial charge in [-0.25, -0.2) is 15.0 Å². The number of aromatic nitrogens is 6. The first-order valence-electron chi connectivity index (χ1n) is 7.82. The highest BCUT2D eigenvalue weighted by molar-refractivity contribution is 5.76. The quantitative estimate of drug-likeness (QED) is 0.605. The van der Waals surface area contributed by atoms with Crippen molar-refractivity contribution in [3.8, 4) is 11.4 Å². The third kappa shape index (κ3) is 2.01. The number of anilines is 1. The Morgan fingerprint density at radius 3 is 2.92 bits per heavy atom. The van der Waals surface area contributed by atoms with E-state index in [2.05, 4.69) is 20.2 Å². The van der Waals surface area contributed by atoms with E-state index in [4.69, 9.17) is 0 Å². The van der Waals surface area contributed by atoms with Crippen molar-refractivity contribution in [1.82, 2.24) is 29.4 Å². The van der Waals surface area contributed by atoms with Gasteiger partial charge in [0.15, 0.2) is 11.5 Å². The van der Waals surface area contributed by atoms with Crippen molar-refractivity contribution in [2.75, 3.05) is 5.01 Å². The Kier molecular flexibility index (Phi) is 2.84. The fourth-order valence-electron chi connectivity index (χ4n) is 3.00. The minimum atomic E-state index is -0.210. The van der Waals surface area contributed by atoms with Crippen LogP contribution in [0.2, 0.25) is 0 Å². The van der Waals surface area contributed by atoms with Crippen molar-refractivity contribution in [1.29, 1.82) is 0 Å². The van der Waals surface area contributed by atoms with Gasteiger partial charge >= 0.3 is 0 Å². The summed E-state index contributed by atoms with van der Waals surface area (Å²) < 4.78 is 3.49. The van der Waals surface area contributed by atoms with Gasteiger partial charge in [0.25, 0.3) is 5.56 Å². The lowest BCUT2D eigenvalue weighted by molar-refractivity contribution is 0.675. The van der Waals surface area contributed by atoms with Crippen LogP contribution in [0, 0.1) is 0 Å². The lowest BCUT2D eigenvalue weighted by Gasteiger charge is -2.27. The zero-order valence-corrected chi connectivity index (χ0v) is 13.1. The lowest BCUT2D eigenvalue weighted by atomic mass is 10.2. The molecule has 1 N–H and O–H groups in total. The maximum Gasteiger partial charge on any atom is 0.284 e. The second kappa shape index (κ2) is 5.17. The van der Waals surface area contributed by atoms with Crippen molar-refractivity contribution in [2.24, 2.45) is 0 Å². The van der Waals surface area contributed by atoms with Gasteiger partial charge in [-0.05, 0) is 6.08 Å². The molecule has 0 saturated heterocycles. The summed E-state index contributed by atoms with van der Waals surface area (Å²) in [4.78, 5) is 22.2. The van der Waals surface area contributed by atoms with Gasteiger partial charge in [-0.15, -0.1) is 0 Å². The molecule has 0 saturated carbocycles. The Morgan fingerprint density at radius 2 is 2.04 bits per heavy atom. The van der Waals surface area contributed by atoms with Crippen LogP contribution in [0.1, 0.15) is 0 Å². The van der Waals surface area contributed by atoms with Crippen LogP contribution in [-0.2, 0) is 6.54 Å². The molecule has 8 heteroatoms. The number of imidazole rings is 1. The topological polar surface area (TPSA) is 84.6 Å². The van der Waals surface area contributed by atoms with Crippen LogP contribution < -0.4 is 10.6 Å². The summed E-state index contributed by atoms with van der Waals surface area (Å²) in [6.45, 7) is 0.711.